The molecule has 8 heteroatoms. The fraction of sp³-hybridized carbons (Fsp3) is 0.0909. The number of nitrogens with zero attached hydrogens (tertiary/aromatic N) is 1. The molecule has 0 atom stereocenters. The van der Waals surface area contributed by atoms with Gasteiger partial charge < -0.3 is 10.2 Å². The molecule has 0 radical (unpaired) electrons. The fourth-order valence-electron chi connectivity index (χ4n) is 2.94. The van der Waals surface area contributed by atoms with Gasteiger partial charge in [-0.25, -0.2) is 4.39 Å². The molecule has 4 nitrogen and oxygen atoms in total. The Morgan fingerprint density at radius 1 is 0.833 bits per heavy atom. The van der Waals surface area contributed by atoms with Crippen LogP contribution >= 0.6 is 0 Å². The molecule has 0 spiro atoms. The summed E-state index contributed by atoms with van der Waals surface area (Å²) in [6.07, 6.45) is -5.04. The lowest BCUT2D eigenvalue weighted by molar-refractivity contribution is -0.136. The van der Waals surface area contributed by atoms with Gasteiger partial charge in [-0.15, -0.1) is 0 Å². The highest BCUT2D eigenvalue weighted by atomic mass is 19.4. The Morgan fingerprint density at radius 2 is 1.37 bits per heavy atom. The second-order valence-electron chi connectivity index (χ2n) is 6.37. The quantitative estimate of drug-likeness (QED) is 0.581. The van der Waals surface area contributed by atoms with Gasteiger partial charge in [0, 0.05) is 18.2 Å². The normalized spacial score (nSPS) is 11.1. The van der Waals surface area contributed by atoms with E-state index >= 15 is 0 Å². The highest BCUT2D eigenvalue weighted by Gasteiger charge is 2.40. The molecule has 0 aliphatic rings. The average molecular weight is 416 g/mol. The number of hydrogen-bond donors (Lipinski definition) is 1. The summed E-state index contributed by atoms with van der Waals surface area (Å²) < 4.78 is 56.3. The van der Waals surface area contributed by atoms with Crippen molar-refractivity contribution in [2.24, 2.45) is 0 Å². The van der Waals surface area contributed by atoms with Crippen molar-refractivity contribution in [2.75, 3.05) is 17.3 Å². The third-order valence-electron chi connectivity index (χ3n) is 4.36. The number of amides is 2. The number of halogens is 4. The van der Waals surface area contributed by atoms with E-state index in [2.05, 4.69) is 5.32 Å². The first kappa shape index (κ1) is 21.0. The Bertz CT molecular complexity index is 1070. The molecule has 30 heavy (non-hydrogen) atoms. The molecule has 154 valence electrons. The zero-order valence-corrected chi connectivity index (χ0v) is 15.7. The molecule has 0 aliphatic carbocycles. The first-order valence-electron chi connectivity index (χ1n) is 8.79. The summed E-state index contributed by atoms with van der Waals surface area (Å²) in [5.74, 6) is -2.87. The van der Waals surface area contributed by atoms with E-state index < -0.39 is 40.7 Å². The predicted molar refractivity (Wildman–Crippen MR) is 105 cm³/mol. The Balaban J connectivity index is 2.08. The first-order valence-corrected chi connectivity index (χ1v) is 8.79. The standard InChI is InChI=1S/C22H16F4N2O2/c1-28(21(30)15-10-6-3-7-11-15)19-16(23)12-13-17(18(19)22(24,25)26)27-20(29)14-8-4-2-5-9-14/h2-13H,1H3,(H,27,29). The van der Waals surface area contributed by atoms with Crippen LogP contribution in [0.25, 0.3) is 0 Å². The van der Waals surface area contributed by atoms with E-state index in [0.717, 1.165) is 19.2 Å². The molecule has 0 fully saturated rings. The maximum Gasteiger partial charge on any atom is 0.420 e. The zero-order chi connectivity index (χ0) is 21.9. The minimum atomic E-state index is -5.04. The molecule has 2 amide bonds. The molecule has 0 saturated carbocycles. The fourth-order valence-corrected chi connectivity index (χ4v) is 2.94. The molecule has 3 aromatic carbocycles. The lowest BCUT2D eigenvalue weighted by Gasteiger charge is -2.25. The van der Waals surface area contributed by atoms with Gasteiger partial charge in [-0.2, -0.15) is 13.2 Å². The van der Waals surface area contributed by atoms with Gasteiger partial charge in [0.05, 0.1) is 11.4 Å². The maximum absolute atomic E-state index is 14.5. The van der Waals surface area contributed by atoms with E-state index in [0.29, 0.717) is 4.90 Å². The van der Waals surface area contributed by atoms with Crippen molar-refractivity contribution in [3.63, 3.8) is 0 Å². The van der Waals surface area contributed by atoms with Crippen molar-refractivity contribution in [3.8, 4) is 0 Å². The van der Waals surface area contributed by atoms with Crippen LogP contribution < -0.4 is 10.2 Å². The van der Waals surface area contributed by atoms with Crippen molar-refractivity contribution in [2.45, 2.75) is 6.18 Å². The SMILES string of the molecule is CN(C(=O)c1ccccc1)c1c(F)ccc(NC(=O)c2ccccc2)c1C(F)(F)F. The summed E-state index contributed by atoms with van der Waals surface area (Å²) >= 11 is 0. The van der Waals surface area contributed by atoms with E-state index in [1.165, 1.54) is 24.3 Å². The average Bonchev–Trinajstić information content (AvgIpc) is 2.74. The minimum Gasteiger partial charge on any atom is -0.321 e. The lowest BCUT2D eigenvalue weighted by atomic mass is 10.1. The van der Waals surface area contributed by atoms with E-state index in [-0.39, 0.29) is 11.1 Å². The van der Waals surface area contributed by atoms with Crippen LogP contribution in [0.3, 0.4) is 0 Å². The summed E-state index contributed by atoms with van der Waals surface area (Å²) in [5, 5.41) is 2.17. The molecular formula is C22H16F4N2O2. The van der Waals surface area contributed by atoms with Crippen molar-refractivity contribution < 1.29 is 27.2 Å². The number of carbonyl (C=O) groups is 2. The molecule has 0 aliphatic heterocycles. The van der Waals surface area contributed by atoms with Gasteiger partial charge in [-0.05, 0) is 36.4 Å². The third kappa shape index (κ3) is 4.32. The van der Waals surface area contributed by atoms with Crippen molar-refractivity contribution in [1.82, 2.24) is 0 Å². The second kappa shape index (κ2) is 8.36. The van der Waals surface area contributed by atoms with Crippen molar-refractivity contribution >= 4 is 23.2 Å². The molecule has 3 aromatic rings. The molecule has 0 unspecified atom stereocenters. The number of anilines is 2. The highest BCUT2D eigenvalue weighted by Crippen LogP contribution is 2.43. The Hall–Kier alpha value is -3.68. The van der Waals surface area contributed by atoms with Gasteiger partial charge in [0.2, 0.25) is 0 Å². The molecule has 0 aromatic heterocycles. The second-order valence-corrected chi connectivity index (χ2v) is 6.37. The minimum absolute atomic E-state index is 0.0891. The largest absolute Gasteiger partial charge is 0.420 e. The number of hydrogen-bond acceptors (Lipinski definition) is 2. The maximum atomic E-state index is 14.5. The van der Waals surface area contributed by atoms with Crippen molar-refractivity contribution in [3.05, 3.63) is 95.3 Å². The summed E-state index contributed by atoms with van der Waals surface area (Å²) in [4.78, 5) is 25.6. The van der Waals surface area contributed by atoms with Crippen LogP contribution in [0.4, 0.5) is 28.9 Å². The van der Waals surface area contributed by atoms with Crippen molar-refractivity contribution in [1.29, 1.82) is 0 Å². The van der Waals surface area contributed by atoms with E-state index in [1.807, 2.05) is 0 Å². The Kier molecular flexibility index (Phi) is 5.86. The van der Waals surface area contributed by atoms with E-state index in [1.54, 1.807) is 36.4 Å². The van der Waals surface area contributed by atoms with Gasteiger partial charge in [-0.3, -0.25) is 9.59 Å². The van der Waals surface area contributed by atoms with Crippen LogP contribution in [-0.4, -0.2) is 18.9 Å². The molecular weight excluding hydrogens is 400 g/mol. The number of rotatable bonds is 4. The summed E-state index contributed by atoms with van der Waals surface area (Å²) in [7, 11) is 1.05. The smallest absolute Gasteiger partial charge is 0.321 e. The number of alkyl halides is 3. The van der Waals surface area contributed by atoms with E-state index in [9.17, 15) is 27.2 Å². The first-order chi connectivity index (χ1) is 14.2. The summed E-state index contributed by atoms with van der Waals surface area (Å²) in [6, 6.07) is 16.8. The lowest BCUT2D eigenvalue weighted by Crippen LogP contribution is -2.30. The molecule has 3 rings (SSSR count). The van der Waals surface area contributed by atoms with Gasteiger partial charge >= 0.3 is 6.18 Å². The third-order valence-corrected chi connectivity index (χ3v) is 4.36. The van der Waals surface area contributed by atoms with Crippen LogP contribution in [0.2, 0.25) is 0 Å². The van der Waals surface area contributed by atoms with Crippen LogP contribution in [0.5, 0.6) is 0 Å². The highest BCUT2D eigenvalue weighted by molar-refractivity contribution is 6.08. The van der Waals surface area contributed by atoms with Crippen LogP contribution in [0, 0.1) is 5.82 Å². The number of carbonyl (C=O) groups excluding carboxylic acids is 2. The van der Waals surface area contributed by atoms with Gasteiger partial charge in [-0.1, -0.05) is 36.4 Å². The Morgan fingerprint density at radius 3 is 1.90 bits per heavy atom. The van der Waals surface area contributed by atoms with Crippen LogP contribution in [0.15, 0.2) is 72.8 Å². The molecule has 0 heterocycles. The molecule has 1 N–H and O–H groups in total. The number of benzene rings is 3. The summed E-state index contributed by atoms with van der Waals surface area (Å²) in [6.45, 7) is 0. The van der Waals surface area contributed by atoms with Gasteiger partial charge in [0.1, 0.15) is 11.4 Å². The molecule has 0 saturated heterocycles. The van der Waals surface area contributed by atoms with Crippen LogP contribution in [0.1, 0.15) is 26.3 Å². The van der Waals surface area contributed by atoms with Crippen LogP contribution in [-0.2, 0) is 6.18 Å². The van der Waals surface area contributed by atoms with Gasteiger partial charge in [0.15, 0.2) is 0 Å². The topological polar surface area (TPSA) is 49.4 Å². The van der Waals surface area contributed by atoms with Gasteiger partial charge in [0.25, 0.3) is 11.8 Å². The zero-order valence-electron chi connectivity index (χ0n) is 15.7. The van der Waals surface area contributed by atoms with E-state index in [4.69, 9.17) is 0 Å². The predicted octanol–water partition coefficient (Wildman–Crippen LogP) is 5.37. The Labute approximate surface area is 169 Å². The summed E-state index contributed by atoms with van der Waals surface area (Å²) in [5.41, 5.74) is -2.85. The monoisotopic (exact) mass is 416 g/mol. The molecule has 0 bridgehead atoms. The number of nitrogens with one attached hydrogen (secondary N) is 1.